The molecule has 23 heavy (non-hydrogen) atoms. The predicted octanol–water partition coefficient (Wildman–Crippen LogP) is 3.24. The van der Waals surface area contributed by atoms with E-state index in [1.54, 1.807) is 13.4 Å². The Bertz CT molecular complexity index is 679. The zero-order valence-electron chi connectivity index (χ0n) is 13.4. The smallest absolute Gasteiger partial charge is 0.133 e. The fourth-order valence-electron chi connectivity index (χ4n) is 2.90. The summed E-state index contributed by atoms with van der Waals surface area (Å²) in [6, 6.07) is 8.69. The van der Waals surface area contributed by atoms with Gasteiger partial charge in [0.15, 0.2) is 0 Å². The summed E-state index contributed by atoms with van der Waals surface area (Å²) in [7, 11) is 1.69. The lowest BCUT2D eigenvalue weighted by atomic mass is 10.2. The Balaban J connectivity index is 1.56. The third-order valence-electron chi connectivity index (χ3n) is 4.05. The number of nitrogens with zero attached hydrogens (tertiary/aromatic N) is 3. The number of ether oxygens (including phenoxy) is 1. The topological polar surface area (TPSA) is 50.3 Å². The van der Waals surface area contributed by atoms with Gasteiger partial charge in [0.25, 0.3) is 0 Å². The number of hydrogen-bond acceptors (Lipinski definition) is 5. The number of methoxy groups -OCH3 is 1. The minimum atomic E-state index is 0.436. The van der Waals surface area contributed by atoms with Crippen LogP contribution in [0.1, 0.15) is 17.7 Å². The number of benzene rings is 1. The van der Waals surface area contributed by atoms with Crippen molar-refractivity contribution in [3.63, 3.8) is 0 Å². The molecule has 6 heteroatoms. The standard InChI is InChI=1S/C17H21BrN4O/c1-12-7-17(20-11-19-12)21-14-5-6-22(10-14)9-13-3-4-16(23-2)15(18)8-13/h3-4,7-8,11,14H,5-6,9-10H2,1-2H3,(H,19,20,21). The van der Waals surface area contributed by atoms with E-state index in [-0.39, 0.29) is 0 Å². The maximum Gasteiger partial charge on any atom is 0.133 e. The lowest BCUT2D eigenvalue weighted by Crippen LogP contribution is -2.26. The maximum absolute atomic E-state index is 5.28. The van der Waals surface area contributed by atoms with Crippen LogP contribution in [-0.2, 0) is 6.54 Å². The van der Waals surface area contributed by atoms with E-state index in [0.29, 0.717) is 6.04 Å². The van der Waals surface area contributed by atoms with Crippen molar-refractivity contribution < 1.29 is 4.74 Å². The molecular weight excluding hydrogens is 356 g/mol. The lowest BCUT2D eigenvalue weighted by molar-refractivity contribution is 0.328. The van der Waals surface area contributed by atoms with E-state index in [0.717, 1.165) is 47.8 Å². The van der Waals surface area contributed by atoms with Crippen LogP contribution in [0.5, 0.6) is 5.75 Å². The van der Waals surface area contributed by atoms with Crippen LogP contribution in [-0.4, -0.2) is 41.1 Å². The summed E-state index contributed by atoms with van der Waals surface area (Å²) < 4.78 is 6.28. The van der Waals surface area contributed by atoms with Crippen LogP contribution in [0.2, 0.25) is 0 Å². The highest BCUT2D eigenvalue weighted by atomic mass is 79.9. The molecule has 1 aromatic carbocycles. The van der Waals surface area contributed by atoms with E-state index in [2.05, 4.69) is 48.2 Å². The highest BCUT2D eigenvalue weighted by Crippen LogP contribution is 2.26. The van der Waals surface area contributed by atoms with E-state index < -0.39 is 0 Å². The van der Waals surface area contributed by atoms with Crippen LogP contribution >= 0.6 is 15.9 Å². The van der Waals surface area contributed by atoms with Crippen molar-refractivity contribution in [1.82, 2.24) is 14.9 Å². The molecule has 0 bridgehead atoms. The molecule has 0 aliphatic carbocycles. The third-order valence-corrected chi connectivity index (χ3v) is 4.67. The van der Waals surface area contributed by atoms with E-state index in [4.69, 9.17) is 4.74 Å². The van der Waals surface area contributed by atoms with Gasteiger partial charge in [0.1, 0.15) is 17.9 Å². The fourth-order valence-corrected chi connectivity index (χ4v) is 3.49. The van der Waals surface area contributed by atoms with E-state index in [9.17, 15) is 0 Å². The van der Waals surface area contributed by atoms with Gasteiger partial charge in [-0.15, -0.1) is 0 Å². The molecule has 2 aromatic rings. The van der Waals surface area contributed by atoms with Gasteiger partial charge in [-0.25, -0.2) is 9.97 Å². The van der Waals surface area contributed by atoms with Crippen molar-refractivity contribution in [2.75, 3.05) is 25.5 Å². The van der Waals surface area contributed by atoms with Crippen molar-refractivity contribution in [1.29, 1.82) is 0 Å². The Labute approximate surface area is 145 Å². The van der Waals surface area contributed by atoms with Crippen LogP contribution in [0.25, 0.3) is 0 Å². The van der Waals surface area contributed by atoms with Crippen LogP contribution in [0.4, 0.5) is 5.82 Å². The minimum absolute atomic E-state index is 0.436. The Morgan fingerprint density at radius 2 is 2.22 bits per heavy atom. The molecule has 1 aromatic heterocycles. The average molecular weight is 377 g/mol. The SMILES string of the molecule is COc1ccc(CN2CCC(Nc3cc(C)ncn3)C2)cc1Br. The number of aromatic nitrogens is 2. The van der Waals surface area contributed by atoms with Gasteiger partial charge >= 0.3 is 0 Å². The Morgan fingerprint density at radius 3 is 2.96 bits per heavy atom. The zero-order chi connectivity index (χ0) is 16.2. The summed E-state index contributed by atoms with van der Waals surface area (Å²) in [6.45, 7) is 5.04. The molecule has 1 unspecified atom stereocenters. The van der Waals surface area contributed by atoms with E-state index >= 15 is 0 Å². The van der Waals surface area contributed by atoms with Gasteiger partial charge < -0.3 is 10.1 Å². The second-order valence-corrected chi connectivity index (χ2v) is 6.73. The molecule has 1 N–H and O–H groups in total. The van der Waals surface area contributed by atoms with Crippen molar-refractivity contribution >= 4 is 21.7 Å². The molecule has 1 saturated heterocycles. The first-order valence-corrected chi connectivity index (χ1v) is 8.53. The van der Waals surface area contributed by atoms with E-state index in [1.165, 1.54) is 5.56 Å². The van der Waals surface area contributed by atoms with Gasteiger partial charge in [-0.1, -0.05) is 6.07 Å². The summed E-state index contributed by atoms with van der Waals surface area (Å²) in [5, 5.41) is 3.51. The number of hydrogen-bond donors (Lipinski definition) is 1. The molecule has 1 fully saturated rings. The van der Waals surface area contributed by atoms with Gasteiger partial charge in [-0.05, 0) is 47.0 Å². The molecule has 0 spiro atoms. The summed E-state index contributed by atoms with van der Waals surface area (Å²) in [5.41, 5.74) is 2.27. The fraction of sp³-hybridized carbons (Fsp3) is 0.412. The number of rotatable bonds is 5. The molecular formula is C17H21BrN4O. The number of nitrogens with one attached hydrogen (secondary N) is 1. The van der Waals surface area contributed by atoms with Crippen molar-refractivity contribution in [3.8, 4) is 5.75 Å². The highest BCUT2D eigenvalue weighted by Gasteiger charge is 2.22. The van der Waals surface area contributed by atoms with Gasteiger partial charge in [-0.3, -0.25) is 4.90 Å². The molecule has 0 saturated carbocycles. The van der Waals surface area contributed by atoms with E-state index in [1.807, 2.05) is 19.1 Å². The number of anilines is 1. The third kappa shape index (κ3) is 4.20. The summed E-state index contributed by atoms with van der Waals surface area (Å²) in [6.07, 6.45) is 2.74. The van der Waals surface area contributed by atoms with Crippen LogP contribution in [0.15, 0.2) is 35.1 Å². The number of halogens is 1. The van der Waals surface area contributed by atoms with Crippen molar-refractivity contribution in [2.45, 2.75) is 25.9 Å². The first kappa shape index (κ1) is 16.2. The lowest BCUT2D eigenvalue weighted by Gasteiger charge is -2.17. The molecule has 122 valence electrons. The molecule has 0 radical (unpaired) electrons. The van der Waals surface area contributed by atoms with Gasteiger partial charge in [0.2, 0.25) is 0 Å². The van der Waals surface area contributed by atoms with Gasteiger partial charge in [0, 0.05) is 37.4 Å². The normalized spacial score (nSPS) is 18.1. The molecule has 3 rings (SSSR count). The molecule has 1 aliphatic rings. The molecule has 0 amide bonds. The maximum atomic E-state index is 5.28. The molecule has 5 nitrogen and oxygen atoms in total. The van der Waals surface area contributed by atoms with Crippen LogP contribution in [0, 0.1) is 6.92 Å². The zero-order valence-corrected chi connectivity index (χ0v) is 15.0. The molecule has 2 heterocycles. The number of likely N-dealkylation sites (tertiary alicyclic amines) is 1. The predicted molar refractivity (Wildman–Crippen MR) is 94.8 cm³/mol. The summed E-state index contributed by atoms with van der Waals surface area (Å²) in [5.74, 6) is 1.78. The number of aryl methyl sites for hydroxylation is 1. The first-order chi connectivity index (χ1) is 11.1. The average Bonchev–Trinajstić information content (AvgIpc) is 2.94. The first-order valence-electron chi connectivity index (χ1n) is 7.74. The quantitative estimate of drug-likeness (QED) is 0.867. The summed E-state index contributed by atoms with van der Waals surface area (Å²) >= 11 is 3.55. The summed E-state index contributed by atoms with van der Waals surface area (Å²) in [4.78, 5) is 10.9. The van der Waals surface area contributed by atoms with Crippen molar-refractivity contribution in [2.24, 2.45) is 0 Å². The van der Waals surface area contributed by atoms with Crippen LogP contribution < -0.4 is 10.1 Å². The monoisotopic (exact) mass is 376 g/mol. The van der Waals surface area contributed by atoms with Crippen molar-refractivity contribution in [3.05, 3.63) is 46.3 Å². The second-order valence-electron chi connectivity index (χ2n) is 5.88. The molecule has 1 atom stereocenters. The Morgan fingerprint density at radius 1 is 1.35 bits per heavy atom. The van der Waals surface area contributed by atoms with Gasteiger partial charge in [-0.2, -0.15) is 0 Å². The Hall–Kier alpha value is -1.66. The van der Waals surface area contributed by atoms with Crippen LogP contribution in [0.3, 0.4) is 0 Å². The molecule has 1 aliphatic heterocycles. The second kappa shape index (κ2) is 7.27. The minimum Gasteiger partial charge on any atom is -0.496 e. The largest absolute Gasteiger partial charge is 0.496 e. The Kier molecular flexibility index (Phi) is 5.13. The van der Waals surface area contributed by atoms with Gasteiger partial charge in [0.05, 0.1) is 11.6 Å². The highest BCUT2D eigenvalue weighted by molar-refractivity contribution is 9.10.